The van der Waals surface area contributed by atoms with Crippen molar-refractivity contribution in [3.05, 3.63) is 59.7 Å². The molecule has 6 N–H and O–H groups in total. The van der Waals surface area contributed by atoms with Gasteiger partial charge in [0.25, 0.3) is 0 Å². The lowest BCUT2D eigenvalue weighted by atomic mass is 10.1. The molecule has 0 atom stereocenters. The van der Waals surface area contributed by atoms with Gasteiger partial charge < -0.3 is 15.9 Å². The molecule has 0 aliphatic carbocycles. The first-order valence-electron chi connectivity index (χ1n) is 6.37. The lowest BCUT2D eigenvalue weighted by Crippen LogP contribution is -2.10. The van der Waals surface area contributed by atoms with Gasteiger partial charge in [-0.3, -0.25) is 10.8 Å². The van der Waals surface area contributed by atoms with Crippen LogP contribution in [-0.2, 0) is 0 Å². The average molecular weight is 315 g/mol. The first-order valence-corrected chi connectivity index (χ1v) is 6.37. The van der Waals surface area contributed by atoms with E-state index in [2.05, 4.69) is 0 Å². The summed E-state index contributed by atoms with van der Waals surface area (Å²) >= 11 is 0. The molecular weight excluding hydrogens is 300 g/mol. The molecule has 0 spiro atoms. The number of amidine groups is 2. The van der Waals surface area contributed by atoms with E-state index >= 15 is 0 Å². The van der Waals surface area contributed by atoms with E-state index in [0.29, 0.717) is 11.1 Å². The van der Waals surface area contributed by atoms with Crippen molar-refractivity contribution in [3.63, 3.8) is 0 Å². The molecule has 0 fully saturated rings. The summed E-state index contributed by atoms with van der Waals surface area (Å²) in [6.45, 7) is 0. The molecule has 6 heteroatoms. The lowest BCUT2D eigenvalue weighted by molar-refractivity contribution is 0.631. The summed E-state index contributed by atoms with van der Waals surface area (Å²) < 4.78 is 5.79. The van der Waals surface area contributed by atoms with Gasteiger partial charge in [-0.25, -0.2) is 0 Å². The van der Waals surface area contributed by atoms with Gasteiger partial charge in [0.1, 0.15) is 23.0 Å². The maximum Gasteiger partial charge on any atom is 0.135 e. The normalized spacial score (nSPS) is 10.2. The zero-order valence-electron chi connectivity index (χ0n) is 11.6. The third-order valence-corrected chi connectivity index (χ3v) is 3.31. The first kappa shape index (κ1) is 15.6. The van der Waals surface area contributed by atoms with Crippen molar-refractivity contribution < 1.29 is 4.42 Å². The van der Waals surface area contributed by atoms with Gasteiger partial charge in [0.2, 0.25) is 0 Å². The smallest absolute Gasteiger partial charge is 0.135 e. The number of halogens is 1. The summed E-state index contributed by atoms with van der Waals surface area (Å²) in [5.74, 6) is 0.795. The number of hydrogen-bond donors (Lipinski definition) is 4. The van der Waals surface area contributed by atoms with Crippen LogP contribution in [0.1, 0.15) is 11.1 Å². The van der Waals surface area contributed by atoms with Gasteiger partial charge in [-0.15, -0.1) is 12.4 Å². The number of nitrogens with one attached hydrogen (secondary N) is 2. The van der Waals surface area contributed by atoms with Crippen molar-refractivity contribution in [3.8, 4) is 11.3 Å². The molecular formula is C16H15ClN4O. The molecule has 2 aromatic carbocycles. The Balaban J connectivity index is 0.00000176. The van der Waals surface area contributed by atoms with E-state index in [9.17, 15) is 0 Å². The van der Waals surface area contributed by atoms with Crippen LogP contribution in [0.4, 0.5) is 0 Å². The van der Waals surface area contributed by atoms with Gasteiger partial charge in [0, 0.05) is 22.1 Å². The monoisotopic (exact) mass is 314 g/mol. The van der Waals surface area contributed by atoms with Crippen LogP contribution in [0.15, 0.2) is 52.9 Å². The Morgan fingerprint density at radius 3 is 2.00 bits per heavy atom. The van der Waals surface area contributed by atoms with E-state index in [1.54, 1.807) is 24.3 Å². The minimum absolute atomic E-state index is 0. The lowest BCUT2D eigenvalue weighted by Gasteiger charge is -1.99. The average Bonchev–Trinajstić information content (AvgIpc) is 2.90. The summed E-state index contributed by atoms with van der Waals surface area (Å²) in [5, 5.41) is 15.7. The van der Waals surface area contributed by atoms with E-state index in [4.69, 9.17) is 26.7 Å². The SMILES string of the molecule is Cl.N=C(N)c1ccc(-c2cc3cc(C(=N)N)ccc3o2)cc1. The minimum atomic E-state index is 0. The molecule has 0 bridgehead atoms. The second kappa shape index (κ2) is 5.91. The largest absolute Gasteiger partial charge is 0.456 e. The van der Waals surface area contributed by atoms with Crippen LogP contribution in [0.5, 0.6) is 0 Å². The number of nitrogens with two attached hydrogens (primary N) is 2. The molecule has 3 aromatic rings. The van der Waals surface area contributed by atoms with Crippen molar-refractivity contribution in [2.45, 2.75) is 0 Å². The van der Waals surface area contributed by atoms with Crippen LogP contribution in [0, 0.1) is 10.8 Å². The maximum atomic E-state index is 7.46. The van der Waals surface area contributed by atoms with E-state index in [1.165, 1.54) is 0 Å². The molecule has 0 aliphatic heterocycles. The number of nitrogen functional groups attached to an aromatic ring is 2. The van der Waals surface area contributed by atoms with Crippen molar-refractivity contribution in [1.29, 1.82) is 10.8 Å². The highest BCUT2D eigenvalue weighted by atomic mass is 35.5. The highest BCUT2D eigenvalue weighted by Gasteiger charge is 2.08. The van der Waals surface area contributed by atoms with Gasteiger partial charge in [0.15, 0.2) is 0 Å². The standard InChI is InChI=1S/C16H14N4O.ClH/c17-15(18)10-3-1-9(2-4-10)14-8-12-7-11(16(19)20)5-6-13(12)21-14;/h1-8H,(H3,17,18)(H3,19,20);1H. The van der Waals surface area contributed by atoms with E-state index < -0.39 is 0 Å². The van der Waals surface area contributed by atoms with Crippen LogP contribution in [-0.4, -0.2) is 11.7 Å². The Bertz CT molecular complexity index is 852. The van der Waals surface area contributed by atoms with Crippen LogP contribution >= 0.6 is 12.4 Å². The molecule has 0 amide bonds. The molecule has 0 saturated heterocycles. The van der Waals surface area contributed by atoms with Gasteiger partial charge in [-0.05, 0) is 24.3 Å². The molecule has 1 heterocycles. The molecule has 0 unspecified atom stereocenters. The fourth-order valence-electron chi connectivity index (χ4n) is 2.17. The van der Waals surface area contributed by atoms with Gasteiger partial charge >= 0.3 is 0 Å². The third kappa shape index (κ3) is 2.80. The molecule has 1 aromatic heterocycles. The quantitative estimate of drug-likeness (QED) is 0.440. The Hall–Kier alpha value is -2.79. The molecule has 5 nitrogen and oxygen atoms in total. The highest BCUT2D eigenvalue weighted by molar-refractivity contribution is 5.99. The van der Waals surface area contributed by atoms with Crippen molar-refractivity contribution in [2.24, 2.45) is 11.5 Å². The number of rotatable bonds is 3. The van der Waals surface area contributed by atoms with Crippen LogP contribution in [0.3, 0.4) is 0 Å². The zero-order chi connectivity index (χ0) is 15.0. The van der Waals surface area contributed by atoms with Crippen LogP contribution in [0.2, 0.25) is 0 Å². The predicted molar refractivity (Wildman–Crippen MR) is 90.9 cm³/mol. The summed E-state index contributed by atoms with van der Waals surface area (Å²) in [6.07, 6.45) is 0. The second-order valence-electron chi connectivity index (χ2n) is 4.77. The van der Waals surface area contributed by atoms with E-state index in [1.807, 2.05) is 24.3 Å². The number of benzene rings is 2. The van der Waals surface area contributed by atoms with Crippen molar-refractivity contribution >= 4 is 35.0 Å². The summed E-state index contributed by atoms with van der Waals surface area (Å²) in [7, 11) is 0. The summed E-state index contributed by atoms with van der Waals surface area (Å²) in [6, 6.07) is 14.6. The summed E-state index contributed by atoms with van der Waals surface area (Å²) in [4.78, 5) is 0. The molecule has 3 rings (SSSR count). The zero-order valence-corrected chi connectivity index (χ0v) is 12.4. The Morgan fingerprint density at radius 2 is 1.41 bits per heavy atom. The van der Waals surface area contributed by atoms with Crippen molar-refractivity contribution in [1.82, 2.24) is 0 Å². The van der Waals surface area contributed by atoms with E-state index in [0.717, 1.165) is 22.3 Å². The number of furan rings is 1. The topological polar surface area (TPSA) is 113 Å². The van der Waals surface area contributed by atoms with Gasteiger partial charge in [-0.2, -0.15) is 0 Å². The third-order valence-electron chi connectivity index (χ3n) is 3.31. The summed E-state index contributed by atoms with van der Waals surface area (Å²) in [5.41, 5.74) is 13.9. The van der Waals surface area contributed by atoms with Crippen LogP contribution in [0.25, 0.3) is 22.3 Å². The van der Waals surface area contributed by atoms with Crippen LogP contribution < -0.4 is 11.5 Å². The maximum absolute atomic E-state index is 7.46. The van der Waals surface area contributed by atoms with Gasteiger partial charge in [-0.1, -0.05) is 24.3 Å². The Morgan fingerprint density at radius 1 is 0.818 bits per heavy atom. The fourth-order valence-corrected chi connectivity index (χ4v) is 2.17. The molecule has 0 aliphatic rings. The fraction of sp³-hybridized carbons (Fsp3) is 0. The number of hydrogen-bond acceptors (Lipinski definition) is 3. The van der Waals surface area contributed by atoms with Crippen molar-refractivity contribution in [2.75, 3.05) is 0 Å². The minimum Gasteiger partial charge on any atom is -0.456 e. The number of fused-ring (bicyclic) bond motifs is 1. The predicted octanol–water partition coefficient (Wildman–Crippen LogP) is 3.09. The molecule has 0 radical (unpaired) electrons. The first-order chi connectivity index (χ1) is 10.0. The molecule has 112 valence electrons. The Kier molecular flexibility index (Phi) is 4.19. The van der Waals surface area contributed by atoms with E-state index in [-0.39, 0.29) is 24.1 Å². The van der Waals surface area contributed by atoms with Gasteiger partial charge in [0.05, 0.1) is 0 Å². The molecule has 22 heavy (non-hydrogen) atoms. The Labute approximate surface area is 133 Å². The second-order valence-corrected chi connectivity index (χ2v) is 4.77. The molecule has 0 saturated carbocycles. The highest BCUT2D eigenvalue weighted by Crippen LogP contribution is 2.28.